The highest BCUT2D eigenvalue weighted by atomic mass is 19.1. The van der Waals surface area contributed by atoms with Gasteiger partial charge in [-0.3, -0.25) is 0 Å². The molecule has 6 nitrogen and oxygen atoms in total. The van der Waals surface area contributed by atoms with Gasteiger partial charge in [0.05, 0.1) is 45.6 Å². The average Bonchev–Trinajstić information content (AvgIpc) is 1.62. The summed E-state index contributed by atoms with van der Waals surface area (Å²) in [6.07, 6.45) is 1.02. The van der Waals surface area contributed by atoms with Crippen molar-refractivity contribution in [3.05, 3.63) is 178 Å². The molecule has 492 valence electrons. The lowest BCUT2D eigenvalue weighted by atomic mass is 9.71. The first kappa shape index (κ1) is 68.3. The van der Waals surface area contributed by atoms with Gasteiger partial charge in [0.2, 0.25) is 0 Å². The molecule has 8 heteroatoms. The van der Waals surface area contributed by atoms with Crippen LogP contribution in [0, 0.1) is 22.5 Å². The molecule has 2 aromatic heterocycles. The van der Waals surface area contributed by atoms with Gasteiger partial charge in [-0.1, -0.05) is 177 Å². The fourth-order valence-corrected chi connectivity index (χ4v) is 14.7. The molecule has 8 aromatic carbocycles. The number of halogens is 2. The smallest absolute Gasteiger partial charge is 0.147 e. The van der Waals surface area contributed by atoms with Crippen LogP contribution in [-0.4, -0.2) is 31.6 Å². The Balaban J connectivity index is 1.06. The van der Waals surface area contributed by atoms with Gasteiger partial charge in [0.1, 0.15) is 34.6 Å². The number of rotatable bonds is 14. The van der Waals surface area contributed by atoms with Gasteiger partial charge in [0, 0.05) is 50.2 Å². The Hall–Kier alpha value is -7.58. The molecule has 0 bridgehead atoms. The van der Waals surface area contributed by atoms with Crippen LogP contribution in [0.4, 0.5) is 8.78 Å². The number of benzene rings is 8. The molecule has 93 heavy (non-hydrogen) atoms. The molecule has 0 unspecified atom stereocenters. The molecule has 10 rings (SSSR count). The zero-order valence-corrected chi connectivity index (χ0v) is 60.3. The van der Waals surface area contributed by atoms with Crippen LogP contribution < -0.4 is 9.47 Å². The predicted octanol–water partition coefficient (Wildman–Crippen LogP) is 24.1. The summed E-state index contributed by atoms with van der Waals surface area (Å²) in [6.45, 7) is 53.2. The summed E-state index contributed by atoms with van der Waals surface area (Å²) in [7, 11) is 0. The van der Waals surface area contributed by atoms with E-state index in [0.29, 0.717) is 51.5 Å². The van der Waals surface area contributed by atoms with Crippen LogP contribution in [0.5, 0.6) is 23.0 Å². The summed E-state index contributed by atoms with van der Waals surface area (Å²) >= 11 is 0. The Kier molecular flexibility index (Phi) is 17.4. The number of hydrogen-bond donors (Lipinski definition) is 2. The van der Waals surface area contributed by atoms with Crippen LogP contribution >= 0.6 is 0 Å². The quantitative estimate of drug-likeness (QED) is 0.114. The zero-order valence-electron chi connectivity index (χ0n) is 60.3. The maximum absolute atomic E-state index is 16.1. The Labute approximate surface area is 554 Å². The molecule has 0 aliphatic carbocycles. The number of phenols is 2. The molecule has 2 N–H and O–H groups in total. The first-order chi connectivity index (χ1) is 42.8. The highest BCUT2D eigenvalue weighted by molar-refractivity contribution is 6.11. The van der Waals surface area contributed by atoms with Crippen LogP contribution in [0.25, 0.3) is 77.2 Å². The highest BCUT2D eigenvalue weighted by Crippen LogP contribution is 2.51. The monoisotopic (exact) mass is 1250 g/mol. The van der Waals surface area contributed by atoms with Gasteiger partial charge in [-0.25, -0.2) is 8.78 Å². The van der Waals surface area contributed by atoms with E-state index < -0.39 is 23.8 Å². The van der Waals surface area contributed by atoms with Crippen molar-refractivity contribution in [3.63, 3.8) is 0 Å². The molecule has 0 aliphatic rings. The van der Waals surface area contributed by atoms with Crippen LogP contribution in [0.15, 0.2) is 133 Å². The van der Waals surface area contributed by atoms with Crippen LogP contribution in [-0.2, 0) is 32.5 Å². The minimum atomic E-state index is -0.504. The predicted molar refractivity (Wildman–Crippen MR) is 389 cm³/mol. The third kappa shape index (κ3) is 14.0. The summed E-state index contributed by atoms with van der Waals surface area (Å²) in [6, 6.07) is 44.0. The van der Waals surface area contributed by atoms with Crippen LogP contribution in [0.3, 0.4) is 0 Å². The lowest BCUT2D eigenvalue weighted by Gasteiger charge is -2.34. The van der Waals surface area contributed by atoms with Crippen molar-refractivity contribution < 1.29 is 28.5 Å². The summed E-state index contributed by atoms with van der Waals surface area (Å²) in [5.74, 6) is -0.115. The molecule has 0 amide bonds. The number of aromatic nitrogens is 2. The number of ether oxygens (including phenoxy) is 2. The van der Waals surface area contributed by atoms with Gasteiger partial charge in [-0.05, 0) is 213 Å². The molecule has 0 saturated carbocycles. The first-order valence-electron chi connectivity index (χ1n) is 33.7. The maximum atomic E-state index is 16.1. The molecular formula is C85H104F2N2O4. The standard InChI is InChI=1S/C85H104F2N2O4/c1-50(92-74-35-29-58(86)46-64(74)66-42-56(84(21,22)48-78(3,4)5)44-72(76(66)90)88-68-31-25-52(80(9,10)11)38-60(68)61-39-53(81(12,13)14)26-32-69(61)88)37-51(2)93-75-36-30-59(87)47-65(75)67-43-57(85(23,24)49-79(6,7)8)45-73(77(67)91)89-70-33-27-54(82(15,16)17)40-62(70)63-41-55(83(18,19)20)28-34-71(63)89/h25-36,38-47,50-51,90-91H,37,48-49H2,1-24H3/t50-,51+. The Morgan fingerprint density at radius 2 is 0.624 bits per heavy atom. The van der Waals surface area contributed by atoms with Crippen molar-refractivity contribution in [2.45, 2.75) is 230 Å². The first-order valence-corrected chi connectivity index (χ1v) is 33.7. The van der Waals surface area contributed by atoms with E-state index in [1.54, 1.807) is 12.1 Å². The maximum Gasteiger partial charge on any atom is 0.147 e. The number of phenolic OH excluding ortho intramolecular Hbond substituents is 2. The van der Waals surface area contributed by atoms with E-state index in [9.17, 15) is 10.2 Å². The molecule has 0 aliphatic heterocycles. The van der Waals surface area contributed by atoms with E-state index in [2.05, 4.69) is 246 Å². The van der Waals surface area contributed by atoms with E-state index in [1.807, 2.05) is 26.0 Å². The average molecular weight is 1260 g/mol. The van der Waals surface area contributed by atoms with E-state index in [0.717, 1.165) is 67.6 Å². The molecular weight excluding hydrogens is 1150 g/mol. The lowest BCUT2D eigenvalue weighted by molar-refractivity contribution is 0.131. The van der Waals surface area contributed by atoms with Gasteiger partial charge in [-0.15, -0.1) is 0 Å². The Morgan fingerprint density at radius 3 is 0.882 bits per heavy atom. The minimum Gasteiger partial charge on any atom is -0.505 e. The molecule has 0 spiro atoms. The second kappa shape index (κ2) is 23.7. The van der Waals surface area contributed by atoms with E-state index in [-0.39, 0.29) is 54.8 Å². The number of aromatic hydroxyl groups is 2. The van der Waals surface area contributed by atoms with Crippen molar-refractivity contribution >= 4 is 43.6 Å². The van der Waals surface area contributed by atoms with E-state index in [4.69, 9.17) is 9.47 Å². The number of fused-ring (bicyclic) bond motifs is 6. The third-order valence-corrected chi connectivity index (χ3v) is 18.9. The van der Waals surface area contributed by atoms with Crippen LogP contribution in [0.1, 0.15) is 219 Å². The Morgan fingerprint density at radius 1 is 0.344 bits per heavy atom. The van der Waals surface area contributed by atoms with Crippen molar-refractivity contribution in [2.75, 3.05) is 0 Å². The molecule has 0 fully saturated rings. The number of hydrogen-bond acceptors (Lipinski definition) is 4. The van der Waals surface area contributed by atoms with Crippen LogP contribution in [0.2, 0.25) is 0 Å². The van der Waals surface area contributed by atoms with Gasteiger partial charge < -0.3 is 28.8 Å². The molecule has 0 saturated heterocycles. The van der Waals surface area contributed by atoms with Gasteiger partial charge in [-0.2, -0.15) is 0 Å². The fraction of sp³-hybridized carbons (Fsp3) is 0.435. The van der Waals surface area contributed by atoms with Crippen molar-refractivity contribution in [3.8, 4) is 56.6 Å². The minimum absolute atomic E-state index is 0.00677. The summed E-state index contributed by atoms with van der Waals surface area (Å²) in [5.41, 5.74) is 12.3. The second-order valence-corrected chi connectivity index (χ2v) is 35.0. The third-order valence-electron chi connectivity index (χ3n) is 18.9. The summed E-state index contributed by atoms with van der Waals surface area (Å²) < 4.78 is 50.5. The molecule has 2 heterocycles. The highest BCUT2D eigenvalue weighted by Gasteiger charge is 2.34. The lowest BCUT2D eigenvalue weighted by Crippen LogP contribution is -2.25. The summed E-state index contributed by atoms with van der Waals surface area (Å²) in [5, 5.41) is 30.6. The van der Waals surface area contributed by atoms with E-state index in [1.165, 1.54) is 46.5 Å². The molecule has 0 radical (unpaired) electrons. The normalized spacial score (nSPS) is 14.0. The zero-order chi connectivity index (χ0) is 68.4. The fourth-order valence-electron chi connectivity index (χ4n) is 14.7. The second-order valence-electron chi connectivity index (χ2n) is 35.0. The molecule has 10 aromatic rings. The van der Waals surface area contributed by atoms with Crippen molar-refractivity contribution in [1.82, 2.24) is 9.13 Å². The van der Waals surface area contributed by atoms with Crippen molar-refractivity contribution in [1.29, 1.82) is 0 Å². The van der Waals surface area contributed by atoms with Gasteiger partial charge in [0.15, 0.2) is 0 Å². The SMILES string of the molecule is C[C@H](C[C@H](C)Oc1ccc(F)cc1-c1cc(C(C)(C)CC(C)(C)C)cc(-n2c3ccc(C(C)(C)C)cc3c3cc(C(C)(C)C)ccc32)c1O)Oc1ccc(F)cc1-c1cc(C(C)(C)CC(C)(C)C)cc(-n2c3ccc(C(C)(C)C)cc3c3cc(C(C)(C)C)ccc32)c1O. The largest absolute Gasteiger partial charge is 0.505 e. The van der Waals surface area contributed by atoms with Gasteiger partial charge in [0.25, 0.3) is 0 Å². The van der Waals surface area contributed by atoms with Crippen molar-refractivity contribution in [2.24, 2.45) is 10.8 Å². The summed E-state index contributed by atoms with van der Waals surface area (Å²) in [4.78, 5) is 0. The number of nitrogens with zero attached hydrogens (tertiary/aromatic N) is 2. The van der Waals surface area contributed by atoms with Gasteiger partial charge >= 0.3 is 0 Å². The topological polar surface area (TPSA) is 68.8 Å². The Bertz CT molecular complexity index is 4080. The van der Waals surface area contributed by atoms with E-state index >= 15 is 8.78 Å². The molecule has 2 atom stereocenters.